The summed E-state index contributed by atoms with van der Waals surface area (Å²) >= 11 is 9.37. The van der Waals surface area contributed by atoms with E-state index < -0.39 is 5.92 Å². The highest BCUT2D eigenvalue weighted by molar-refractivity contribution is 8.00. The minimum atomic E-state index is -0.423. The van der Waals surface area contributed by atoms with Gasteiger partial charge in [-0.15, -0.1) is 11.8 Å². The Kier molecular flexibility index (Phi) is 6.92. The minimum Gasteiger partial charge on any atom is -0.483 e. The third-order valence-corrected chi connectivity index (χ3v) is 12.6. The number of thiazole rings is 1. The van der Waals surface area contributed by atoms with E-state index in [2.05, 4.69) is 10.3 Å². The van der Waals surface area contributed by atoms with Crippen molar-refractivity contribution in [2.75, 3.05) is 16.8 Å². The van der Waals surface area contributed by atoms with Gasteiger partial charge in [-0.1, -0.05) is 59.3 Å². The highest BCUT2D eigenvalue weighted by Gasteiger charge is 2.69. The molecular formula is C34H28ClN3O5S2. The maximum absolute atomic E-state index is 14.0. The number of para-hydroxylation sites is 2. The number of hydrogen-bond acceptors (Lipinski definition) is 7. The number of aromatic amines is 1. The monoisotopic (exact) mass is 657 g/mol. The Morgan fingerprint density at radius 1 is 1.00 bits per heavy atom. The molecule has 4 aliphatic rings. The van der Waals surface area contributed by atoms with E-state index in [1.54, 1.807) is 36.0 Å². The molecule has 2 N–H and O–H groups in total. The van der Waals surface area contributed by atoms with E-state index >= 15 is 0 Å². The number of H-pyrrole nitrogens is 1. The van der Waals surface area contributed by atoms with Gasteiger partial charge in [0.15, 0.2) is 6.61 Å². The average molecular weight is 658 g/mol. The normalized spacial score (nSPS) is 27.7. The molecule has 0 spiro atoms. The molecule has 2 saturated carbocycles. The summed E-state index contributed by atoms with van der Waals surface area (Å²) in [6.45, 7) is 1.71. The highest BCUT2D eigenvalue weighted by Crippen LogP contribution is 2.69. The molecule has 2 aliphatic heterocycles. The Bertz CT molecular complexity index is 1930. The first-order chi connectivity index (χ1) is 21.8. The average Bonchev–Trinajstić information content (AvgIpc) is 3.77. The van der Waals surface area contributed by atoms with Crippen molar-refractivity contribution in [1.29, 1.82) is 0 Å². The number of rotatable bonds is 6. The fraction of sp³-hybridized carbons (Fsp3) is 0.294. The second kappa shape index (κ2) is 10.9. The largest absolute Gasteiger partial charge is 0.483 e. The standard InChI is InChI=1S/C34H28ClN3O5S2/c1-16-7-5-6-10-22(16)36-24(39)15-43-23-12-11-17(35)13-19(23)25-26-20-14-21(29(26)44-31-30(25)45-34(42)37-31)28-27(20)32(40)38(33(28)41)18-8-3-2-4-9-18/h2-13,20-21,25-29H,14-15H2,1H3,(H,36,39)(H,37,42)/t20-,21-,25-,26?,27?,28?,29?/m1/s1. The predicted octanol–water partition coefficient (Wildman–Crippen LogP) is 6.09. The van der Waals surface area contributed by atoms with Gasteiger partial charge in [0.1, 0.15) is 5.75 Å². The lowest BCUT2D eigenvalue weighted by atomic mass is 9.68. The van der Waals surface area contributed by atoms with E-state index in [9.17, 15) is 19.2 Å². The smallest absolute Gasteiger partial charge is 0.305 e. The van der Waals surface area contributed by atoms with Gasteiger partial charge >= 0.3 is 4.87 Å². The number of halogens is 1. The number of carbonyl (C=O) groups excluding carboxylic acids is 3. The van der Waals surface area contributed by atoms with Crippen molar-refractivity contribution >= 4 is 63.8 Å². The summed E-state index contributed by atoms with van der Waals surface area (Å²) in [5, 5.41) is 4.22. The first-order valence-corrected chi connectivity index (χ1v) is 17.0. The molecule has 228 valence electrons. The molecule has 1 saturated heterocycles. The SMILES string of the molecule is Cc1ccccc1NC(=O)COc1ccc(Cl)cc1[C@H]1c2sc(=O)[nH]c2SC2C1[C@H]1C[C@@H]2C2C(=O)N(c3ccccc3)C(=O)C21. The van der Waals surface area contributed by atoms with E-state index in [0.717, 1.165) is 38.8 Å². The number of thioether (sulfide) groups is 1. The molecule has 1 aromatic heterocycles. The van der Waals surface area contributed by atoms with Crippen LogP contribution in [0.2, 0.25) is 5.02 Å². The number of nitrogens with one attached hydrogen (secondary N) is 2. The number of fused-ring (bicyclic) bond motifs is 9. The maximum atomic E-state index is 14.0. The summed E-state index contributed by atoms with van der Waals surface area (Å²) in [5.41, 5.74) is 3.04. The molecule has 8 nitrogen and oxygen atoms in total. The van der Waals surface area contributed by atoms with Crippen LogP contribution < -0.4 is 19.8 Å². The molecule has 4 aromatic rings. The van der Waals surface area contributed by atoms with Crippen LogP contribution in [-0.4, -0.2) is 34.6 Å². The number of aromatic nitrogens is 1. The number of aryl methyl sites for hydroxylation is 1. The zero-order valence-electron chi connectivity index (χ0n) is 24.1. The Morgan fingerprint density at radius 3 is 2.51 bits per heavy atom. The third kappa shape index (κ3) is 4.56. The molecule has 3 amide bonds. The van der Waals surface area contributed by atoms with Crippen LogP contribution >= 0.6 is 34.7 Å². The van der Waals surface area contributed by atoms with Gasteiger partial charge in [-0.25, -0.2) is 0 Å². The maximum Gasteiger partial charge on any atom is 0.305 e. The van der Waals surface area contributed by atoms with Crippen LogP contribution in [0.25, 0.3) is 0 Å². The van der Waals surface area contributed by atoms with Crippen molar-refractivity contribution in [2.45, 2.75) is 29.5 Å². The fourth-order valence-electron chi connectivity index (χ4n) is 8.13. The quantitative estimate of drug-likeness (QED) is 0.243. The molecule has 3 heterocycles. The lowest BCUT2D eigenvalue weighted by Crippen LogP contribution is -2.42. The number of nitrogens with zero attached hydrogens (tertiary/aromatic N) is 1. The number of ether oxygens (including phenoxy) is 1. The van der Waals surface area contributed by atoms with Gasteiger partial charge in [0, 0.05) is 32.3 Å². The van der Waals surface area contributed by atoms with Crippen LogP contribution in [0.1, 0.15) is 28.3 Å². The lowest BCUT2D eigenvalue weighted by molar-refractivity contribution is -0.123. The van der Waals surface area contributed by atoms with E-state index in [-0.39, 0.29) is 64.0 Å². The summed E-state index contributed by atoms with van der Waals surface area (Å²) in [6, 6.07) is 22.0. The van der Waals surface area contributed by atoms with Crippen molar-refractivity contribution in [3.63, 3.8) is 0 Å². The van der Waals surface area contributed by atoms with Gasteiger partial charge in [0.2, 0.25) is 11.8 Å². The van der Waals surface area contributed by atoms with Crippen LogP contribution in [0.3, 0.4) is 0 Å². The van der Waals surface area contributed by atoms with Gasteiger partial charge in [-0.05, 0) is 73.1 Å². The van der Waals surface area contributed by atoms with Crippen LogP contribution in [0.5, 0.6) is 5.75 Å². The van der Waals surface area contributed by atoms with E-state index in [1.165, 1.54) is 4.90 Å². The molecule has 45 heavy (non-hydrogen) atoms. The summed E-state index contributed by atoms with van der Waals surface area (Å²) in [4.78, 5) is 58.6. The number of anilines is 2. The van der Waals surface area contributed by atoms with Gasteiger partial charge in [-0.3, -0.25) is 24.1 Å². The molecule has 4 unspecified atom stereocenters. The van der Waals surface area contributed by atoms with Crippen LogP contribution in [0.4, 0.5) is 11.4 Å². The van der Waals surface area contributed by atoms with Crippen LogP contribution in [-0.2, 0) is 14.4 Å². The van der Waals surface area contributed by atoms with Gasteiger partial charge in [0.25, 0.3) is 5.91 Å². The fourth-order valence-corrected chi connectivity index (χ4v) is 11.2. The summed E-state index contributed by atoms with van der Waals surface area (Å²) in [7, 11) is 0. The van der Waals surface area contributed by atoms with Crippen molar-refractivity contribution in [2.24, 2.45) is 29.6 Å². The predicted molar refractivity (Wildman–Crippen MR) is 174 cm³/mol. The van der Waals surface area contributed by atoms with Crippen molar-refractivity contribution in [3.8, 4) is 5.75 Å². The second-order valence-electron chi connectivity index (χ2n) is 12.1. The van der Waals surface area contributed by atoms with Gasteiger partial charge in [0.05, 0.1) is 22.5 Å². The van der Waals surface area contributed by atoms with E-state index in [1.807, 2.05) is 55.5 Å². The molecule has 2 bridgehead atoms. The van der Waals surface area contributed by atoms with Gasteiger partial charge < -0.3 is 15.0 Å². The summed E-state index contributed by atoms with van der Waals surface area (Å²) in [6.07, 6.45) is 0.767. The minimum absolute atomic E-state index is 0.0114. The number of imide groups is 1. The molecule has 3 aromatic carbocycles. The first-order valence-electron chi connectivity index (χ1n) is 14.9. The van der Waals surface area contributed by atoms with Crippen molar-refractivity contribution in [1.82, 2.24) is 4.98 Å². The number of amides is 3. The molecule has 7 atom stereocenters. The zero-order valence-corrected chi connectivity index (χ0v) is 26.5. The van der Waals surface area contributed by atoms with E-state index in [4.69, 9.17) is 16.3 Å². The Morgan fingerprint density at radius 2 is 1.73 bits per heavy atom. The molecule has 8 rings (SSSR count). The molecule has 3 fully saturated rings. The molecule has 0 radical (unpaired) electrons. The van der Waals surface area contributed by atoms with Crippen LogP contribution in [0.15, 0.2) is 82.6 Å². The first kappa shape index (κ1) is 28.6. The van der Waals surface area contributed by atoms with Crippen molar-refractivity contribution < 1.29 is 19.1 Å². The van der Waals surface area contributed by atoms with Crippen LogP contribution in [0, 0.1) is 36.5 Å². The second-order valence-corrected chi connectivity index (χ2v) is 14.8. The third-order valence-electron chi connectivity index (χ3n) is 9.82. The van der Waals surface area contributed by atoms with Gasteiger partial charge in [-0.2, -0.15) is 0 Å². The number of benzene rings is 3. The molecular weight excluding hydrogens is 630 g/mol. The molecule has 2 aliphatic carbocycles. The lowest BCUT2D eigenvalue weighted by Gasteiger charge is -2.43. The molecule has 11 heteroatoms. The highest BCUT2D eigenvalue weighted by atomic mass is 35.5. The summed E-state index contributed by atoms with van der Waals surface area (Å²) in [5.74, 6) is -1.28. The number of hydrogen-bond donors (Lipinski definition) is 2. The zero-order chi connectivity index (χ0) is 31.0. The Hall–Kier alpha value is -3.86. The topological polar surface area (TPSA) is 109 Å². The summed E-state index contributed by atoms with van der Waals surface area (Å²) < 4.78 is 6.18. The Labute approximate surface area is 272 Å². The van der Waals surface area contributed by atoms with E-state index in [0.29, 0.717) is 22.1 Å². The number of carbonyl (C=O) groups is 3. The Balaban J connectivity index is 1.15. The van der Waals surface area contributed by atoms with Crippen molar-refractivity contribution in [3.05, 3.63) is 103 Å².